The van der Waals surface area contributed by atoms with E-state index in [1.165, 1.54) is 4.68 Å². The van der Waals surface area contributed by atoms with Gasteiger partial charge in [0.05, 0.1) is 6.20 Å². The third kappa shape index (κ3) is 2.20. The highest BCUT2D eigenvalue weighted by Crippen LogP contribution is 2.26. The van der Waals surface area contributed by atoms with Crippen LogP contribution >= 0.6 is 0 Å². The minimum Gasteiger partial charge on any atom is -0.508 e. The highest BCUT2D eigenvalue weighted by atomic mass is 16.4. The molecular formula is C13H14N2O3. The standard InChI is InChI=1S/C13H14N2O3/c1-8-5-11(16)3-4-12(8)10-6-14-15(7-10)9(2)13(17)18/h3-7,9,16H,1-2H3,(H,17,18). The molecule has 94 valence electrons. The van der Waals surface area contributed by atoms with E-state index >= 15 is 0 Å². The summed E-state index contributed by atoms with van der Waals surface area (Å²) in [5.41, 5.74) is 2.68. The number of carboxylic acid groups (broad SMARTS) is 1. The molecule has 5 nitrogen and oxygen atoms in total. The van der Waals surface area contributed by atoms with Gasteiger partial charge >= 0.3 is 5.97 Å². The lowest BCUT2D eigenvalue weighted by molar-refractivity contribution is -0.140. The van der Waals surface area contributed by atoms with Crippen molar-refractivity contribution in [3.05, 3.63) is 36.2 Å². The molecule has 0 aliphatic rings. The maximum Gasteiger partial charge on any atom is 0.328 e. The summed E-state index contributed by atoms with van der Waals surface area (Å²) in [5, 5.41) is 22.3. The van der Waals surface area contributed by atoms with Gasteiger partial charge in [-0.3, -0.25) is 4.68 Å². The van der Waals surface area contributed by atoms with E-state index in [-0.39, 0.29) is 5.75 Å². The number of aromatic hydroxyl groups is 1. The monoisotopic (exact) mass is 246 g/mol. The topological polar surface area (TPSA) is 75.4 Å². The van der Waals surface area contributed by atoms with Crippen LogP contribution in [0.3, 0.4) is 0 Å². The Morgan fingerprint density at radius 3 is 2.78 bits per heavy atom. The predicted octanol–water partition coefficient (Wildman–Crippen LogP) is 2.21. The largest absolute Gasteiger partial charge is 0.508 e. The molecule has 2 N–H and O–H groups in total. The predicted molar refractivity (Wildman–Crippen MR) is 66.4 cm³/mol. The van der Waals surface area contributed by atoms with Gasteiger partial charge in [0.1, 0.15) is 11.8 Å². The summed E-state index contributed by atoms with van der Waals surface area (Å²) < 4.78 is 1.41. The van der Waals surface area contributed by atoms with Crippen LogP contribution < -0.4 is 0 Å². The second kappa shape index (κ2) is 4.52. The fourth-order valence-corrected chi connectivity index (χ4v) is 1.77. The van der Waals surface area contributed by atoms with Gasteiger partial charge in [-0.1, -0.05) is 6.07 Å². The Kier molecular flexibility index (Phi) is 3.06. The van der Waals surface area contributed by atoms with E-state index in [1.54, 1.807) is 37.5 Å². The van der Waals surface area contributed by atoms with Crippen LogP contribution in [0.5, 0.6) is 5.75 Å². The van der Waals surface area contributed by atoms with Gasteiger partial charge in [-0.2, -0.15) is 5.10 Å². The van der Waals surface area contributed by atoms with Crippen molar-refractivity contribution in [2.75, 3.05) is 0 Å². The molecule has 0 radical (unpaired) electrons. The van der Waals surface area contributed by atoms with Crippen molar-refractivity contribution in [1.29, 1.82) is 0 Å². The van der Waals surface area contributed by atoms with Crippen molar-refractivity contribution >= 4 is 5.97 Å². The van der Waals surface area contributed by atoms with Crippen LogP contribution in [0.2, 0.25) is 0 Å². The number of aromatic nitrogens is 2. The summed E-state index contributed by atoms with van der Waals surface area (Å²) in [5.74, 6) is -0.713. The third-order valence-corrected chi connectivity index (χ3v) is 2.88. The van der Waals surface area contributed by atoms with Gasteiger partial charge in [0, 0.05) is 11.8 Å². The van der Waals surface area contributed by atoms with Crippen molar-refractivity contribution in [2.24, 2.45) is 0 Å². The molecule has 0 spiro atoms. The van der Waals surface area contributed by atoms with Gasteiger partial charge in [-0.15, -0.1) is 0 Å². The lowest BCUT2D eigenvalue weighted by Gasteiger charge is -2.06. The molecule has 5 heteroatoms. The van der Waals surface area contributed by atoms with Crippen molar-refractivity contribution in [3.8, 4) is 16.9 Å². The molecule has 1 heterocycles. The first kappa shape index (κ1) is 12.2. The Morgan fingerprint density at radius 2 is 2.17 bits per heavy atom. The Bertz CT molecular complexity index is 590. The van der Waals surface area contributed by atoms with Gasteiger partial charge in [-0.05, 0) is 37.1 Å². The molecule has 1 unspecified atom stereocenters. The second-order valence-electron chi connectivity index (χ2n) is 4.22. The van der Waals surface area contributed by atoms with Crippen LogP contribution in [0, 0.1) is 6.92 Å². The quantitative estimate of drug-likeness (QED) is 0.870. The molecule has 1 aromatic carbocycles. The molecule has 1 atom stereocenters. The number of carboxylic acids is 1. The van der Waals surface area contributed by atoms with Gasteiger partial charge in [0.2, 0.25) is 0 Å². The van der Waals surface area contributed by atoms with Crippen LogP contribution in [-0.4, -0.2) is 26.0 Å². The van der Waals surface area contributed by atoms with Crippen molar-refractivity contribution in [1.82, 2.24) is 9.78 Å². The van der Waals surface area contributed by atoms with Crippen LogP contribution in [0.25, 0.3) is 11.1 Å². The lowest BCUT2D eigenvalue weighted by atomic mass is 10.0. The summed E-state index contributed by atoms with van der Waals surface area (Å²) in [6, 6.07) is 4.35. The van der Waals surface area contributed by atoms with Crippen LogP contribution in [-0.2, 0) is 4.79 Å². The average Bonchev–Trinajstić information content (AvgIpc) is 2.77. The summed E-state index contributed by atoms with van der Waals surface area (Å²) in [6.07, 6.45) is 3.32. The minimum atomic E-state index is -0.924. The maximum atomic E-state index is 10.9. The van der Waals surface area contributed by atoms with E-state index in [9.17, 15) is 9.90 Å². The zero-order valence-corrected chi connectivity index (χ0v) is 10.2. The number of phenolic OH excluding ortho intramolecular Hbond substituents is 1. The molecule has 2 rings (SSSR count). The minimum absolute atomic E-state index is 0.211. The Labute approximate surface area is 104 Å². The molecule has 0 amide bonds. The van der Waals surface area contributed by atoms with E-state index in [4.69, 9.17) is 5.11 Å². The number of aryl methyl sites for hydroxylation is 1. The van der Waals surface area contributed by atoms with Crippen molar-refractivity contribution < 1.29 is 15.0 Å². The zero-order valence-electron chi connectivity index (χ0n) is 10.2. The second-order valence-corrected chi connectivity index (χ2v) is 4.22. The molecule has 0 aliphatic heterocycles. The van der Waals surface area contributed by atoms with Gasteiger partial charge in [0.15, 0.2) is 0 Å². The number of hydrogen-bond acceptors (Lipinski definition) is 3. The van der Waals surface area contributed by atoms with Crippen LogP contribution in [0.1, 0.15) is 18.5 Å². The van der Waals surface area contributed by atoms with Gasteiger partial charge in [-0.25, -0.2) is 4.79 Å². The first-order chi connectivity index (χ1) is 8.49. The Morgan fingerprint density at radius 1 is 1.44 bits per heavy atom. The van der Waals surface area contributed by atoms with E-state index in [2.05, 4.69) is 5.10 Å². The Balaban J connectivity index is 2.38. The average molecular weight is 246 g/mol. The molecule has 0 saturated heterocycles. The number of phenols is 1. The van der Waals surface area contributed by atoms with E-state index < -0.39 is 12.0 Å². The molecule has 0 fully saturated rings. The molecule has 0 bridgehead atoms. The molecule has 0 saturated carbocycles. The summed E-state index contributed by atoms with van der Waals surface area (Å²) >= 11 is 0. The lowest BCUT2D eigenvalue weighted by Crippen LogP contribution is -2.15. The fourth-order valence-electron chi connectivity index (χ4n) is 1.77. The van der Waals surface area contributed by atoms with Gasteiger partial charge in [0.25, 0.3) is 0 Å². The van der Waals surface area contributed by atoms with Crippen molar-refractivity contribution in [3.63, 3.8) is 0 Å². The number of carbonyl (C=O) groups is 1. The summed E-state index contributed by atoms with van der Waals surface area (Å²) in [6.45, 7) is 3.45. The van der Waals surface area contributed by atoms with Crippen LogP contribution in [0.15, 0.2) is 30.6 Å². The number of rotatable bonds is 3. The van der Waals surface area contributed by atoms with E-state index in [0.29, 0.717) is 0 Å². The normalized spacial score (nSPS) is 12.3. The number of benzene rings is 1. The molecule has 2 aromatic rings. The molecular weight excluding hydrogens is 232 g/mol. The molecule has 1 aromatic heterocycles. The number of hydrogen-bond donors (Lipinski definition) is 2. The maximum absolute atomic E-state index is 10.9. The summed E-state index contributed by atoms with van der Waals surface area (Å²) in [4.78, 5) is 10.9. The van der Waals surface area contributed by atoms with Gasteiger partial charge < -0.3 is 10.2 Å². The first-order valence-corrected chi connectivity index (χ1v) is 5.56. The molecule has 18 heavy (non-hydrogen) atoms. The van der Waals surface area contributed by atoms with E-state index in [0.717, 1.165) is 16.7 Å². The highest BCUT2D eigenvalue weighted by molar-refractivity contribution is 5.72. The third-order valence-electron chi connectivity index (χ3n) is 2.88. The number of nitrogens with zero attached hydrogens (tertiary/aromatic N) is 2. The van der Waals surface area contributed by atoms with E-state index in [1.807, 2.05) is 6.92 Å². The first-order valence-electron chi connectivity index (χ1n) is 5.56. The smallest absolute Gasteiger partial charge is 0.328 e. The Hall–Kier alpha value is -2.30. The van der Waals surface area contributed by atoms with Crippen LogP contribution in [0.4, 0.5) is 0 Å². The number of aliphatic carboxylic acids is 1. The van der Waals surface area contributed by atoms with Crippen molar-refractivity contribution in [2.45, 2.75) is 19.9 Å². The zero-order chi connectivity index (χ0) is 13.3. The fraction of sp³-hybridized carbons (Fsp3) is 0.231. The SMILES string of the molecule is Cc1cc(O)ccc1-c1cnn(C(C)C(=O)O)c1. The molecule has 0 aliphatic carbocycles. The highest BCUT2D eigenvalue weighted by Gasteiger charge is 2.15. The summed E-state index contributed by atoms with van der Waals surface area (Å²) in [7, 11) is 0.